The quantitative estimate of drug-likeness (QED) is 0.553. The van der Waals surface area contributed by atoms with E-state index in [1.54, 1.807) is 0 Å². The molecule has 0 radical (unpaired) electrons. The Morgan fingerprint density at radius 2 is 1.65 bits per heavy atom. The zero-order chi connectivity index (χ0) is 23.7. The number of ether oxygens (including phenoxy) is 2. The summed E-state index contributed by atoms with van der Waals surface area (Å²) in [6.07, 6.45) is 0.717. The van der Waals surface area contributed by atoms with Crippen LogP contribution in [0.1, 0.15) is 42.7 Å². The number of carbonyl (C=O) groups excluding carboxylic acids is 2. The smallest absolute Gasteiger partial charge is 0.407 e. The zero-order valence-corrected chi connectivity index (χ0v) is 18.7. The second-order valence-electron chi connectivity index (χ2n) is 9.21. The maximum Gasteiger partial charge on any atom is 0.407 e. The van der Waals surface area contributed by atoms with Gasteiger partial charge in [0.05, 0.1) is 12.5 Å². The molecule has 2 fully saturated rings. The molecule has 3 N–H and O–H groups in total. The molecule has 0 spiro atoms. The largest absolute Gasteiger partial charge is 0.481 e. The second-order valence-corrected chi connectivity index (χ2v) is 9.21. The minimum Gasteiger partial charge on any atom is -0.481 e. The number of amides is 2. The number of rotatable bonds is 8. The number of carbonyl (C=O) groups is 3. The van der Waals surface area contributed by atoms with Gasteiger partial charge >= 0.3 is 12.1 Å². The molecular formula is C26H28N2O6. The fraction of sp³-hybridized carbons (Fsp3) is 0.423. The standard InChI is InChI=1S/C26H28N2O6/c29-23(30)13-22(15-9-10-15)27-25(31)24-21(11-12-33-24)28-26(32)34-14-20-18-7-3-1-5-16(18)17-6-2-4-8-19(17)20/h1-8,15,20-22,24H,9-14H2,(H,27,31)(H,28,32)(H,29,30)/t21-,22?,24+/m1/s1. The topological polar surface area (TPSA) is 114 Å². The predicted molar refractivity (Wildman–Crippen MR) is 123 cm³/mol. The van der Waals surface area contributed by atoms with E-state index in [-0.39, 0.29) is 30.8 Å². The molecular weight excluding hydrogens is 436 g/mol. The Kier molecular flexibility index (Phi) is 6.24. The lowest BCUT2D eigenvalue weighted by Gasteiger charge is -2.23. The summed E-state index contributed by atoms with van der Waals surface area (Å²) < 4.78 is 11.2. The highest BCUT2D eigenvalue weighted by Gasteiger charge is 2.40. The molecule has 2 aliphatic carbocycles. The molecule has 1 unspecified atom stereocenters. The third kappa shape index (κ3) is 4.63. The van der Waals surface area contributed by atoms with Crippen LogP contribution in [0.2, 0.25) is 0 Å². The molecule has 2 amide bonds. The van der Waals surface area contributed by atoms with E-state index < -0.39 is 30.3 Å². The van der Waals surface area contributed by atoms with Gasteiger partial charge in [0.25, 0.3) is 5.91 Å². The van der Waals surface area contributed by atoms with Crippen molar-refractivity contribution in [1.82, 2.24) is 10.6 Å². The lowest BCUT2D eigenvalue weighted by molar-refractivity contribution is -0.138. The van der Waals surface area contributed by atoms with Crippen molar-refractivity contribution in [2.45, 2.75) is 49.8 Å². The molecule has 1 saturated heterocycles. The number of hydrogen-bond acceptors (Lipinski definition) is 5. The van der Waals surface area contributed by atoms with Gasteiger partial charge in [0.2, 0.25) is 0 Å². The first kappa shape index (κ1) is 22.4. The monoisotopic (exact) mass is 464 g/mol. The first-order chi connectivity index (χ1) is 16.5. The second kappa shape index (κ2) is 9.46. The number of alkyl carbamates (subject to hydrolysis) is 1. The molecule has 8 heteroatoms. The number of fused-ring (bicyclic) bond motifs is 3. The normalized spacial score (nSPS) is 21.9. The summed E-state index contributed by atoms with van der Waals surface area (Å²) in [4.78, 5) is 36.6. The molecule has 0 bridgehead atoms. The van der Waals surface area contributed by atoms with Crippen LogP contribution >= 0.6 is 0 Å². The predicted octanol–water partition coefficient (Wildman–Crippen LogP) is 3.05. The SMILES string of the molecule is O=C(O)CC(NC(=O)[C@H]1OCC[C@H]1NC(=O)OCC1c2ccccc2-c2ccccc21)C1CC1. The highest BCUT2D eigenvalue weighted by Crippen LogP contribution is 2.44. The van der Waals surface area contributed by atoms with E-state index in [0.717, 1.165) is 35.1 Å². The first-order valence-electron chi connectivity index (χ1n) is 11.8. The lowest BCUT2D eigenvalue weighted by atomic mass is 9.98. The van der Waals surface area contributed by atoms with E-state index in [4.69, 9.17) is 14.6 Å². The Morgan fingerprint density at radius 1 is 1.00 bits per heavy atom. The van der Waals surface area contributed by atoms with Crippen molar-refractivity contribution in [1.29, 1.82) is 0 Å². The molecule has 2 aromatic carbocycles. The Hall–Kier alpha value is -3.39. The van der Waals surface area contributed by atoms with E-state index in [2.05, 4.69) is 34.9 Å². The minimum atomic E-state index is -0.946. The van der Waals surface area contributed by atoms with E-state index in [0.29, 0.717) is 13.0 Å². The van der Waals surface area contributed by atoms with Crippen LogP contribution in [-0.2, 0) is 19.1 Å². The maximum atomic E-state index is 12.8. The van der Waals surface area contributed by atoms with Crippen LogP contribution in [0.15, 0.2) is 48.5 Å². The van der Waals surface area contributed by atoms with Crippen molar-refractivity contribution >= 4 is 18.0 Å². The van der Waals surface area contributed by atoms with Gasteiger partial charge < -0.3 is 25.2 Å². The van der Waals surface area contributed by atoms with E-state index in [1.165, 1.54) is 0 Å². The summed E-state index contributed by atoms with van der Waals surface area (Å²) in [6.45, 7) is 0.520. The van der Waals surface area contributed by atoms with Gasteiger partial charge in [-0.2, -0.15) is 0 Å². The van der Waals surface area contributed by atoms with Crippen LogP contribution in [0, 0.1) is 5.92 Å². The Bertz CT molecular complexity index is 1050. The van der Waals surface area contributed by atoms with E-state index in [9.17, 15) is 14.4 Å². The summed E-state index contributed by atoms with van der Waals surface area (Å²) >= 11 is 0. The molecule has 3 aliphatic rings. The van der Waals surface area contributed by atoms with Gasteiger partial charge in [0, 0.05) is 18.6 Å². The van der Waals surface area contributed by atoms with Crippen LogP contribution < -0.4 is 10.6 Å². The third-order valence-electron chi connectivity index (χ3n) is 6.91. The molecule has 2 aromatic rings. The average molecular weight is 465 g/mol. The van der Waals surface area contributed by atoms with Gasteiger partial charge in [0.1, 0.15) is 6.61 Å². The van der Waals surface area contributed by atoms with E-state index >= 15 is 0 Å². The Balaban J connectivity index is 1.19. The first-order valence-corrected chi connectivity index (χ1v) is 11.8. The van der Waals surface area contributed by atoms with Gasteiger partial charge in [-0.05, 0) is 47.4 Å². The molecule has 1 saturated carbocycles. The zero-order valence-electron chi connectivity index (χ0n) is 18.7. The Labute approximate surface area is 197 Å². The molecule has 34 heavy (non-hydrogen) atoms. The highest BCUT2D eigenvalue weighted by molar-refractivity contribution is 5.84. The summed E-state index contributed by atoms with van der Waals surface area (Å²) in [5.41, 5.74) is 4.56. The molecule has 3 atom stereocenters. The van der Waals surface area contributed by atoms with Gasteiger partial charge in [-0.3, -0.25) is 9.59 Å². The lowest BCUT2D eigenvalue weighted by Crippen LogP contribution is -2.51. The van der Waals surface area contributed by atoms with Gasteiger partial charge in [-0.1, -0.05) is 48.5 Å². The van der Waals surface area contributed by atoms with Crippen LogP contribution in [0.25, 0.3) is 11.1 Å². The summed E-state index contributed by atoms with van der Waals surface area (Å²) in [6, 6.07) is 15.3. The number of nitrogens with one attached hydrogen (secondary N) is 2. The van der Waals surface area contributed by atoms with Crippen molar-refractivity contribution in [3.05, 3.63) is 59.7 Å². The average Bonchev–Trinajstić information content (AvgIpc) is 3.49. The molecule has 5 rings (SSSR count). The van der Waals surface area contributed by atoms with Crippen molar-refractivity contribution in [2.24, 2.45) is 5.92 Å². The number of hydrogen-bond donors (Lipinski definition) is 3. The van der Waals surface area contributed by atoms with Crippen molar-refractivity contribution in [2.75, 3.05) is 13.2 Å². The number of aliphatic carboxylic acids is 1. The molecule has 1 heterocycles. The fourth-order valence-corrected chi connectivity index (χ4v) is 5.07. The van der Waals surface area contributed by atoms with Gasteiger partial charge in [0.15, 0.2) is 6.10 Å². The molecule has 1 aliphatic heterocycles. The Morgan fingerprint density at radius 3 is 2.26 bits per heavy atom. The number of carboxylic acids is 1. The van der Waals surface area contributed by atoms with Gasteiger partial charge in [-0.25, -0.2) is 4.79 Å². The van der Waals surface area contributed by atoms with Crippen LogP contribution in [0.5, 0.6) is 0 Å². The van der Waals surface area contributed by atoms with E-state index in [1.807, 2.05) is 24.3 Å². The minimum absolute atomic E-state index is 0.0487. The van der Waals surface area contributed by atoms with Gasteiger partial charge in [-0.15, -0.1) is 0 Å². The van der Waals surface area contributed by atoms with Crippen molar-refractivity contribution in [3.63, 3.8) is 0 Å². The maximum absolute atomic E-state index is 12.8. The van der Waals surface area contributed by atoms with Crippen LogP contribution in [-0.4, -0.2) is 54.5 Å². The fourth-order valence-electron chi connectivity index (χ4n) is 5.07. The summed E-state index contributed by atoms with van der Waals surface area (Å²) in [5.74, 6) is -1.19. The van der Waals surface area contributed by atoms with Crippen molar-refractivity contribution < 1.29 is 29.0 Å². The molecule has 178 valence electrons. The van der Waals surface area contributed by atoms with Crippen molar-refractivity contribution in [3.8, 4) is 11.1 Å². The number of carboxylic acid groups (broad SMARTS) is 1. The molecule has 8 nitrogen and oxygen atoms in total. The summed E-state index contributed by atoms with van der Waals surface area (Å²) in [5, 5.41) is 14.7. The summed E-state index contributed by atoms with van der Waals surface area (Å²) in [7, 11) is 0. The van der Waals surface area contributed by atoms with Crippen LogP contribution in [0.4, 0.5) is 4.79 Å². The third-order valence-corrected chi connectivity index (χ3v) is 6.91. The highest BCUT2D eigenvalue weighted by atomic mass is 16.6. The number of benzene rings is 2. The van der Waals surface area contributed by atoms with Crippen LogP contribution in [0.3, 0.4) is 0 Å². The molecule has 0 aromatic heterocycles.